The van der Waals surface area contributed by atoms with Crippen LogP contribution in [0.4, 0.5) is 36.2 Å². The quantitative estimate of drug-likeness (QED) is 0.620. The largest absolute Gasteiger partial charge is 0.416 e. The smallest absolute Gasteiger partial charge is 0.393 e. The highest BCUT2D eigenvalue weighted by Crippen LogP contribution is 2.32. The van der Waals surface area contributed by atoms with Gasteiger partial charge in [-0.1, -0.05) is 6.07 Å². The summed E-state index contributed by atoms with van der Waals surface area (Å²) in [5.74, 6) is 0.705. The molecule has 1 aliphatic rings. The SMILES string of the molecule is Nc1c(NCCCN2CCOCC2)ncnc1Nc1cccc(C(F)(F)F)c1. The van der Waals surface area contributed by atoms with Crippen molar-refractivity contribution in [2.75, 3.05) is 55.8 Å². The van der Waals surface area contributed by atoms with Crippen LogP contribution in [0.25, 0.3) is 0 Å². The Hall–Kier alpha value is -2.59. The molecule has 1 aromatic carbocycles. The van der Waals surface area contributed by atoms with E-state index in [-0.39, 0.29) is 17.2 Å². The predicted octanol–water partition coefficient (Wildman–Crippen LogP) is 2.96. The average molecular weight is 396 g/mol. The number of aromatic nitrogens is 2. The minimum absolute atomic E-state index is 0.249. The van der Waals surface area contributed by atoms with E-state index in [1.54, 1.807) is 0 Å². The van der Waals surface area contributed by atoms with Gasteiger partial charge in [0, 0.05) is 25.3 Å². The van der Waals surface area contributed by atoms with Crippen molar-refractivity contribution < 1.29 is 17.9 Å². The normalized spacial score (nSPS) is 15.4. The number of hydrogen-bond acceptors (Lipinski definition) is 7. The Kier molecular flexibility index (Phi) is 6.53. The molecular formula is C18H23F3N6O. The van der Waals surface area contributed by atoms with E-state index in [4.69, 9.17) is 10.5 Å². The van der Waals surface area contributed by atoms with E-state index in [0.717, 1.165) is 51.4 Å². The number of morpholine rings is 1. The summed E-state index contributed by atoms with van der Waals surface area (Å²) in [5, 5.41) is 5.99. The Morgan fingerprint density at radius 1 is 1.14 bits per heavy atom. The van der Waals surface area contributed by atoms with Crippen LogP contribution >= 0.6 is 0 Å². The Labute approximate surface area is 161 Å². The summed E-state index contributed by atoms with van der Waals surface area (Å²) in [7, 11) is 0. The summed E-state index contributed by atoms with van der Waals surface area (Å²) >= 11 is 0. The van der Waals surface area contributed by atoms with Crippen molar-refractivity contribution in [2.45, 2.75) is 12.6 Å². The Morgan fingerprint density at radius 3 is 2.64 bits per heavy atom. The molecule has 0 unspecified atom stereocenters. The van der Waals surface area contributed by atoms with E-state index in [0.29, 0.717) is 12.4 Å². The summed E-state index contributed by atoms with van der Waals surface area (Å²) in [6.45, 7) is 4.99. The fourth-order valence-electron chi connectivity index (χ4n) is 2.88. The maximum atomic E-state index is 12.9. The molecule has 28 heavy (non-hydrogen) atoms. The number of nitrogens with zero attached hydrogens (tertiary/aromatic N) is 3. The molecule has 0 aliphatic carbocycles. The number of alkyl halides is 3. The zero-order valence-corrected chi connectivity index (χ0v) is 15.3. The summed E-state index contributed by atoms with van der Waals surface area (Å²) < 4.78 is 43.9. The van der Waals surface area contributed by atoms with Gasteiger partial charge in [-0.25, -0.2) is 9.97 Å². The summed E-state index contributed by atoms with van der Waals surface area (Å²) in [4.78, 5) is 10.5. The lowest BCUT2D eigenvalue weighted by Crippen LogP contribution is -2.37. The van der Waals surface area contributed by atoms with Crippen LogP contribution in [-0.2, 0) is 10.9 Å². The van der Waals surface area contributed by atoms with Gasteiger partial charge in [-0.2, -0.15) is 13.2 Å². The topological polar surface area (TPSA) is 88.3 Å². The molecule has 2 heterocycles. The van der Waals surface area contributed by atoms with E-state index < -0.39 is 11.7 Å². The van der Waals surface area contributed by atoms with Gasteiger partial charge in [0.05, 0.1) is 18.8 Å². The number of rotatable bonds is 7. The molecule has 1 aromatic heterocycles. The zero-order chi connectivity index (χ0) is 20.0. The van der Waals surface area contributed by atoms with Gasteiger partial charge in [0.25, 0.3) is 0 Å². The molecule has 10 heteroatoms. The summed E-state index contributed by atoms with van der Waals surface area (Å²) in [5.41, 5.74) is 5.84. The summed E-state index contributed by atoms with van der Waals surface area (Å²) in [6, 6.07) is 4.87. The minimum atomic E-state index is -4.41. The molecule has 1 aliphatic heterocycles. The van der Waals surface area contributed by atoms with Crippen molar-refractivity contribution in [1.82, 2.24) is 14.9 Å². The minimum Gasteiger partial charge on any atom is -0.393 e. The van der Waals surface area contributed by atoms with Crippen LogP contribution in [0.1, 0.15) is 12.0 Å². The van der Waals surface area contributed by atoms with E-state index in [9.17, 15) is 13.2 Å². The lowest BCUT2D eigenvalue weighted by atomic mass is 10.2. The molecule has 0 atom stereocenters. The Bertz CT molecular complexity index is 780. The van der Waals surface area contributed by atoms with Crippen LogP contribution < -0.4 is 16.4 Å². The first-order valence-electron chi connectivity index (χ1n) is 9.02. The van der Waals surface area contributed by atoms with E-state index in [1.807, 2.05) is 0 Å². The highest BCUT2D eigenvalue weighted by atomic mass is 19.4. The fraction of sp³-hybridized carbons (Fsp3) is 0.444. The average Bonchev–Trinajstić information content (AvgIpc) is 2.68. The summed E-state index contributed by atoms with van der Waals surface area (Å²) in [6.07, 6.45) is -2.20. The van der Waals surface area contributed by atoms with Gasteiger partial charge >= 0.3 is 6.18 Å². The third kappa shape index (κ3) is 5.46. The van der Waals surface area contributed by atoms with Crippen molar-refractivity contribution in [1.29, 1.82) is 0 Å². The molecule has 7 nitrogen and oxygen atoms in total. The number of nitrogen functional groups attached to an aromatic ring is 1. The van der Waals surface area contributed by atoms with Crippen molar-refractivity contribution in [3.8, 4) is 0 Å². The van der Waals surface area contributed by atoms with Gasteiger partial charge < -0.3 is 21.1 Å². The molecule has 1 saturated heterocycles. The number of ether oxygens (including phenoxy) is 1. The van der Waals surface area contributed by atoms with Crippen molar-refractivity contribution >= 4 is 23.0 Å². The van der Waals surface area contributed by atoms with Crippen molar-refractivity contribution in [3.63, 3.8) is 0 Å². The van der Waals surface area contributed by atoms with Crippen LogP contribution in [-0.4, -0.2) is 54.3 Å². The molecular weight excluding hydrogens is 373 g/mol. The van der Waals surface area contributed by atoms with Crippen LogP contribution in [0.5, 0.6) is 0 Å². The lowest BCUT2D eigenvalue weighted by Gasteiger charge is -2.26. The predicted molar refractivity (Wildman–Crippen MR) is 102 cm³/mol. The van der Waals surface area contributed by atoms with Gasteiger partial charge in [0.1, 0.15) is 12.0 Å². The van der Waals surface area contributed by atoms with Crippen LogP contribution in [0, 0.1) is 0 Å². The molecule has 2 aromatic rings. The molecule has 4 N–H and O–H groups in total. The molecule has 0 saturated carbocycles. The number of nitrogens with two attached hydrogens (primary N) is 1. The maximum absolute atomic E-state index is 12.9. The third-order valence-electron chi connectivity index (χ3n) is 4.38. The second kappa shape index (κ2) is 9.07. The zero-order valence-electron chi connectivity index (χ0n) is 15.3. The van der Waals surface area contributed by atoms with Crippen LogP contribution in [0.3, 0.4) is 0 Å². The molecule has 3 rings (SSSR count). The lowest BCUT2D eigenvalue weighted by molar-refractivity contribution is -0.137. The van der Waals surface area contributed by atoms with Gasteiger partial charge in [-0.15, -0.1) is 0 Å². The number of nitrogens with one attached hydrogen (secondary N) is 2. The van der Waals surface area contributed by atoms with Gasteiger partial charge in [-0.3, -0.25) is 4.90 Å². The second-order valence-electron chi connectivity index (χ2n) is 6.42. The second-order valence-corrected chi connectivity index (χ2v) is 6.42. The molecule has 152 valence electrons. The molecule has 0 bridgehead atoms. The fourth-order valence-corrected chi connectivity index (χ4v) is 2.88. The number of hydrogen-bond donors (Lipinski definition) is 3. The maximum Gasteiger partial charge on any atom is 0.416 e. The molecule has 0 amide bonds. The van der Waals surface area contributed by atoms with E-state index >= 15 is 0 Å². The standard InChI is InChI=1S/C18H23F3N6O/c19-18(20,21)13-3-1-4-14(11-13)26-17-15(22)16(24-12-25-17)23-5-2-6-27-7-9-28-10-8-27/h1,3-4,11-12H,2,5-10,22H2,(H2,23,24,25,26). The molecule has 0 spiro atoms. The van der Waals surface area contributed by atoms with E-state index in [2.05, 4.69) is 25.5 Å². The van der Waals surface area contributed by atoms with Crippen molar-refractivity contribution in [2.24, 2.45) is 0 Å². The number of halogens is 3. The highest BCUT2D eigenvalue weighted by Gasteiger charge is 2.30. The molecule has 0 radical (unpaired) electrons. The molecule has 1 fully saturated rings. The third-order valence-corrected chi connectivity index (χ3v) is 4.38. The van der Waals surface area contributed by atoms with Crippen LogP contribution in [0.15, 0.2) is 30.6 Å². The number of benzene rings is 1. The monoisotopic (exact) mass is 396 g/mol. The first-order chi connectivity index (χ1) is 13.4. The Balaban J connectivity index is 1.58. The van der Waals surface area contributed by atoms with Crippen LogP contribution in [0.2, 0.25) is 0 Å². The Morgan fingerprint density at radius 2 is 1.89 bits per heavy atom. The first-order valence-corrected chi connectivity index (χ1v) is 9.02. The van der Waals surface area contributed by atoms with E-state index in [1.165, 1.54) is 18.5 Å². The van der Waals surface area contributed by atoms with Gasteiger partial charge in [0.2, 0.25) is 0 Å². The number of anilines is 4. The van der Waals surface area contributed by atoms with Gasteiger partial charge in [0.15, 0.2) is 11.6 Å². The van der Waals surface area contributed by atoms with Gasteiger partial charge in [-0.05, 0) is 31.2 Å². The van der Waals surface area contributed by atoms with Crippen molar-refractivity contribution in [3.05, 3.63) is 36.2 Å². The first kappa shape index (κ1) is 20.2. The highest BCUT2D eigenvalue weighted by molar-refractivity contribution is 5.77.